The number of hydrogen-bond acceptors (Lipinski definition) is 21. The second-order valence-electron chi connectivity index (χ2n) is 42.1. The van der Waals surface area contributed by atoms with E-state index in [1.165, 1.54) is 12.8 Å². The summed E-state index contributed by atoms with van der Waals surface area (Å²) in [6, 6.07) is 0. The molecule has 1 unspecified atom stereocenters. The van der Waals surface area contributed by atoms with Gasteiger partial charge in [-0.05, 0) is 299 Å². The first kappa shape index (κ1) is 105. The smallest absolute Gasteiger partial charge is 0.311 e. The molecule has 0 aromatic rings. The lowest BCUT2D eigenvalue weighted by molar-refractivity contribution is -0.169. The number of piperidine rings is 5. The van der Waals surface area contributed by atoms with Crippen LogP contribution in [0.1, 0.15) is 351 Å². The standard InChI is InChI=1S/C22H39NO6.C19H35NO4.C18H35NO2.C16H31NO2.C15H29NO2/c1-9-20(2,3)19(26)28-13-12-27-17(24)10-11-18(25)29-16-14-21(4,5)23(8)22(6,7)15-16;1-9-17(2,3)16(22)24-11-10-23-15(21)14-12-18(4,5)20(8)19(6,7)13-14;1-9-16(2,3)15(20)21-11-10-14-12-17(4,5)19(8)18(6,7)13-14;1-9-14(2,3)13(18)19-12-10-15(4,5)17(8)16(6,7)11-12;1-8-11(2)13(17)18-12-9-14(3,4)16(7)15(5,6)10-12/h16H,9-15H2,1-8H3;14H,9-13H2,1-8H3;14H,9-13H2,1-8H3;12H,9-11H2,1-8H3;11-12H,8-10H2,1-7H3. The fraction of sp³-hybridized carbons (Fsp3) is 0.911. The number of nitrogens with zero attached hydrogens (tertiary/aromatic N) is 5. The van der Waals surface area contributed by atoms with Crippen molar-refractivity contribution < 1.29 is 76.3 Å². The van der Waals surface area contributed by atoms with Crippen molar-refractivity contribution >= 4 is 47.8 Å². The van der Waals surface area contributed by atoms with Gasteiger partial charge >= 0.3 is 47.8 Å². The van der Waals surface area contributed by atoms with E-state index in [4.69, 9.17) is 37.9 Å². The molecule has 5 rings (SSSR count). The van der Waals surface area contributed by atoms with Gasteiger partial charge in [-0.3, -0.25) is 62.9 Å². The molecular formula is C90H169N5O16. The minimum Gasteiger partial charge on any atom is -0.465 e. The highest BCUT2D eigenvalue weighted by Gasteiger charge is 2.50. The lowest BCUT2D eigenvalue weighted by Crippen LogP contribution is -2.60. The van der Waals surface area contributed by atoms with Crippen LogP contribution in [0.4, 0.5) is 0 Å². The normalized spacial score (nSPS) is 22.4. The fourth-order valence-corrected chi connectivity index (χ4v) is 15.9. The summed E-state index contributed by atoms with van der Waals surface area (Å²) in [4.78, 5) is 108. The van der Waals surface area contributed by atoms with E-state index in [9.17, 15) is 38.4 Å². The Morgan fingerprint density at radius 3 is 0.892 bits per heavy atom. The average Bonchev–Trinajstić information content (AvgIpc) is 0.800. The summed E-state index contributed by atoms with van der Waals surface area (Å²) in [6.07, 6.45) is 13.7. The number of carbonyl (C=O) groups excluding carboxylic acids is 8. The van der Waals surface area contributed by atoms with Gasteiger partial charge in [0.2, 0.25) is 0 Å². The zero-order valence-corrected chi connectivity index (χ0v) is 78.5. The highest BCUT2D eigenvalue weighted by atomic mass is 16.6. The molecule has 21 heteroatoms. The van der Waals surface area contributed by atoms with E-state index in [0.29, 0.717) is 25.4 Å². The molecule has 5 saturated heterocycles. The molecule has 21 nitrogen and oxygen atoms in total. The first-order chi connectivity index (χ1) is 50.0. The van der Waals surface area contributed by atoms with E-state index >= 15 is 0 Å². The molecule has 0 saturated carbocycles. The van der Waals surface area contributed by atoms with Gasteiger partial charge in [-0.25, -0.2) is 0 Å². The average molecular weight is 1580 g/mol. The van der Waals surface area contributed by atoms with Crippen LogP contribution in [0.5, 0.6) is 0 Å². The molecule has 0 aromatic carbocycles. The van der Waals surface area contributed by atoms with Gasteiger partial charge in [0.25, 0.3) is 0 Å². The molecule has 0 radical (unpaired) electrons. The molecule has 5 fully saturated rings. The van der Waals surface area contributed by atoms with E-state index in [0.717, 1.165) is 77.0 Å². The van der Waals surface area contributed by atoms with Crippen LogP contribution in [-0.4, -0.2) is 214 Å². The molecule has 650 valence electrons. The Labute approximate surface area is 677 Å². The second kappa shape index (κ2) is 41.1. The van der Waals surface area contributed by atoms with Gasteiger partial charge in [0.1, 0.15) is 44.7 Å². The minimum atomic E-state index is -0.551. The van der Waals surface area contributed by atoms with Crippen molar-refractivity contribution in [3.05, 3.63) is 0 Å². The van der Waals surface area contributed by atoms with Crippen molar-refractivity contribution in [3.8, 4) is 0 Å². The first-order valence-electron chi connectivity index (χ1n) is 42.1. The molecule has 0 amide bonds. The first-order valence-corrected chi connectivity index (χ1v) is 42.1. The summed E-state index contributed by atoms with van der Waals surface area (Å²) in [5.41, 5.74) is -1.36. The van der Waals surface area contributed by atoms with Gasteiger partial charge < -0.3 is 37.9 Å². The SMILES string of the molecule is CCC(C)(C)C(=O)OC1CC(C)(C)N(C)C(C)(C)C1.CCC(C)(C)C(=O)OCCC1CC(C)(C)N(C)C(C)(C)C1.CCC(C)(C)C(=O)OCCOC(=O)C1CC(C)(C)N(C)C(C)(C)C1.CCC(C)(C)C(=O)OCCOC(=O)CCC(=O)OC1CC(C)(C)N(C)C(C)(C)C1.CCC(C)C(=O)OC1CC(C)(C)N(C)C(C)(C)C1. The monoisotopic (exact) mass is 1580 g/mol. The number of hydrogen-bond donors (Lipinski definition) is 0. The summed E-state index contributed by atoms with van der Waals surface area (Å²) in [5.74, 6) is -1.28. The van der Waals surface area contributed by atoms with Crippen LogP contribution in [0.15, 0.2) is 0 Å². The number of likely N-dealkylation sites (tertiary alicyclic amines) is 5. The predicted molar refractivity (Wildman–Crippen MR) is 447 cm³/mol. The minimum absolute atomic E-state index is 0.0101. The molecule has 5 aliphatic rings. The molecule has 0 aromatic heterocycles. The molecule has 0 bridgehead atoms. The number of rotatable bonds is 26. The molecule has 0 N–H and O–H groups in total. The molecule has 0 aliphatic carbocycles. The van der Waals surface area contributed by atoms with E-state index in [1.807, 2.05) is 83.1 Å². The summed E-state index contributed by atoms with van der Waals surface area (Å²) in [5, 5.41) is 0. The van der Waals surface area contributed by atoms with Crippen molar-refractivity contribution in [2.75, 3.05) is 68.3 Å². The van der Waals surface area contributed by atoms with Gasteiger partial charge in [-0.15, -0.1) is 0 Å². The van der Waals surface area contributed by atoms with E-state index in [-0.39, 0.29) is 177 Å². The molecule has 111 heavy (non-hydrogen) atoms. The summed E-state index contributed by atoms with van der Waals surface area (Å²) in [7, 11) is 10.7. The Bertz CT molecular complexity index is 2900. The van der Waals surface area contributed by atoms with Gasteiger partial charge in [0, 0.05) is 93.9 Å². The molecule has 0 spiro atoms. The van der Waals surface area contributed by atoms with E-state index < -0.39 is 16.8 Å². The van der Waals surface area contributed by atoms with Crippen LogP contribution in [-0.2, 0) is 76.3 Å². The second-order valence-corrected chi connectivity index (χ2v) is 42.1. The van der Waals surface area contributed by atoms with Crippen LogP contribution >= 0.6 is 0 Å². The van der Waals surface area contributed by atoms with Crippen LogP contribution in [0.25, 0.3) is 0 Å². The van der Waals surface area contributed by atoms with Crippen LogP contribution in [0.2, 0.25) is 0 Å². The largest absolute Gasteiger partial charge is 0.465 e. The van der Waals surface area contributed by atoms with Crippen molar-refractivity contribution in [1.29, 1.82) is 0 Å². The van der Waals surface area contributed by atoms with Crippen LogP contribution in [0.3, 0.4) is 0 Å². The summed E-state index contributed by atoms with van der Waals surface area (Å²) >= 11 is 0. The molecule has 1 atom stereocenters. The third-order valence-electron chi connectivity index (χ3n) is 26.9. The van der Waals surface area contributed by atoms with Crippen molar-refractivity contribution in [2.24, 2.45) is 39.4 Å². The topological polar surface area (TPSA) is 227 Å². The van der Waals surface area contributed by atoms with E-state index in [1.54, 1.807) is 13.8 Å². The quantitative estimate of drug-likeness (QED) is 0.0445. The Morgan fingerprint density at radius 2 is 0.577 bits per heavy atom. The molecular weight excluding hydrogens is 1410 g/mol. The Morgan fingerprint density at radius 1 is 0.324 bits per heavy atom. The third kappa shape index (κ3) is 31.8. The Kier molecular flexibility index (Phi) is 38.7. The third-order valence-corrected chi connectivity index (χ3v) is 26.9. The maximum absolute atomic E-state index is 12.4. The van der Waals surface area contributed by atoms with Gasteiger partial charge in [0.15, 0.2) is 0 Å². The Hall–Kier alpha value is -4.44. The lowest BCUT2D eigenvalue weighted by atomic mass is 9.73. The van der Waals surface area contributed by atoms with E-state index in [2.05, 4.69) is 198 Å². The highest BCUT2D eigenvalue weighted by Crippen LogP contribution is 2.45. The maximum Gasteiger partial charge on any atom is 0.311 e. The van der Waals surface area contributed by atoms with Crippen molar-refractivity contribution in [1.82, 2.24) is 24.5 Å². The molecule has 5 heterocycles. The number of ether oxygens (including phenoxy) is 8. The predicted octanol–water partition coefficient (Wildman–Crippen LogP) is 18.0. The summed E-state index contributed by atoms with van der Waals surface area (Å²) < 4.78 is 43.3. The zero-order valence-electron chi connectivity index (χ0n) is 78.5. The fourth-order valence-electron chi connectivity index (χ4n) is 15.9. The van der Waals surface area contributed by atoms with Crippen LogP contribution in [0, 0.1) is 39.4 Å². The Balaban J connectivity index is 0.000000701. The lowest BCUT2D eigenvalue weighted by Gasteiger charge is -2.53. The van der Waals surface area contributed by atoms with Gasteiger partial charge in [-0.1, -0.05) is 41.5 Å². The number of carbonyl (C=O) groups is 8. The van der Waals surface area contributed by atoms with Crippen molar-refractivity contribution in [3.63, 3.8) is 0 Å². The maximum atomic E-state index is 12.4. The van der Waals surface area contributed by atoms with Gasteiger partial charge in [0.05, 0.1) is 52.9 Å². The molecule has 5 aliphatic heterocycles. The zero-order chi connectivity index (χ0) is 86.9. The van der Waals surface area contributed by atoms with Crippen LogP contribution < -0.4 is 0 Å². The summed E-state index contributed by atoms with van der Waals surface area (Å²) in [6.45, 7) is 72.0. The van der Waals surface area contributed by atoms with Crippen molar-refractivity contribution in [2.45, 2.75) is 425 Å². The number of esters is 8. The highest BCUT2D eigenvalue weighted by molar-refractivity contribution is 5.79. The van der Waals surface area contributed by atoms with Gasteiger partial charge in [-0.2, -0.15) is 0 Å².